The van der Waals surface area contributed by atoms with Crippen LogP contribution in [0.5, 0.6) is 0 Å². The van der Waals surface area contributed by atoms with Gasteiger partial charge in [0.25, 0.3) is 0 Å². The van der Waals surface area contributed by atoms with Gasteiger partial charge in [0.15, 0.2) is 5.13 Å². The Balaban J connectivity index is 1.67. The van der Waals surface area contributed by atoms with Crippen LogP contribution >= 0.6 is 22.9 Å². The summed E-state index contributed by atoms with van der Waals surface area (Å²) in [6.45, 7) is 3.81. The molecule has 122 valence electrons. The molecule has 1 fully saturated rings. The Labute approximate surface area is 145 Å². The van der Waals surface area contributed by atoms with Crippen molar-refractivity contribution in [3.63, 3.8) is 0 Å². The summed E-state index contributed by atoms with van der Waals surface area (Å²) >= 11 is 7.59. The minimum atomic E-state index is 0.0922. The van der Waals surface area contributed by atoms with Crippen LogP contribution in [-0.4, -0.2) is 24.0 Å². The summed E-state index contributed by atoms with van der Waals surface area (Å²) in [7, 11) is 0. The smallest absolute Gasteiger partial charge is 0.229 e. The third-order valence-corrected chi connectivity index (χ3v) is 5.39. The van der Waals surface area contributed by atoms with Gasteiger partial charge in [-0.25, -0.2) is 4.98 Å². The molecule has 0 aliphatic carbocycles. The number of nitrogens with zero attached hydrogens (tertiary/aromatic N) is 1. The maximum absolute atomic E-state index is 12.3. The second-order valence-corrected chi connectivity index (χ2v) is 7.37. The van der Waals surface area contributed by atoms with E-state index < -0.39 is 0 Å². The Hall–Kier alpha value is -1.43. The van der Waals surface area contributed by atoms with Gasteiger partial charge >= 0.3 is 0 Å². The zero-order chi connectivity index (χ0) is 16.2. The molecule has 1 aromatic carbocycles. The number of nitrogens with one attached hydrogen (secondary N) is 2. The molecule has 1 aliphatic heterocycles. The van der Waals surface area contributed by atoms with Gasteiger partial charge in [-0.15, -0.1) is 11.3 Å². The molecule has 0 unspecified atom stereocenters. The first-order valence-corrected chi connectivity index (χ1v) is 9.03. The summed E-state index contributed by atoms with van der Waals surface area (Å²) in [5.74, 6) is 0.186. The maximum atomic E-state index is 12.3. The number of halogens is 1. The van der Waals surface area contributed by atoms with Crippen molar-refractivity contribution in [1.82, 2.24) is 10.3 Å². The molecule has 3 rings (SSSR count). The summed E-state index contributed by atoms with van der Waals surface area (Å²) in [5.41, 5.74) is 2.12. The second-order valence-electron chi connectivity index (χ2n) is 5.85. The number of benzene rings is 1. The van der Waals surface area contributed by atoms with Crippen LogP contribution in [0.4, 0.5) is 5.13 Å². The average Bonchev–Trinajstić information content (AvgIpc) is 2.87. The van der Waals surface area contributed by atoms with E-state index in [2.05, 4.69) is 21.7 Å². The summed E-state index contributed by atoms with van der Waals surface area (Å²) in [4.78, 5) is 18.0. The lowest BCUT2D eigenvalue weighted by Crippen LogP contribution is -2.34. The van der Waals surface area contributed by atoms with Crippen molar-refractivity contribution in [2.75, 3.05) is 18.4 Å². The van der Waals surface area contributed by atoms with Crippen LogP contribution in [-0.2, 0) is 11.2 Å². The van der Waals surface area contributed by atoms with Gasteiger partial charge in [0.05, 0.1) is 5.69 Å². The number of thiazole rings is 1. The quantitative estimate of drug-likeness (QED) is 0.886. The van der Waals surface area contributed by atoms with Crippen LogP contribution in [0.1, 0.15) is 29.0 Å². The largest absolute Gasteiger partial charge is 0.317 e. The zero-order valence-corrected chi connectivity index (χ0v) is 14.6. The molecule has 6 heteroatoms. The molecule has 4 nitrogen and oxygen atoms in total. The van der Waals surface area contributed by atoms with Crippen LogP contribution < -0.4 is 10.6 Å². The fourth-order valence-corrected chi connectivity index (χ4v) is 3.98. The van der Waals surface area contributed by atoms with Crippen LogP contribution in [0.2, 0.25) is 5.02 Å². The zero-order valence-electron chi connectivity index (χ0n) is 13.1. The van der Waals surface area contributed by atoms with Crippen molar-refractivity contribution >= 4 is 34.0 Å². The number of aromatic nitrogens is 1. The molecule has 1 amide bonds. The Morgan fingerprint density at radius 1 is 1.43 bits per heavy atom. The number of carbonyl (C=O) groups excluding carboxylic acids is 1. The summed E-state index contributed by atoms with van der Waals surface area (Å²) in [6.07, 6.45) is 2.57. The van der Waals surface area contributed by atoms with Gasteiger partial charge in [-0.05, 0) is 50.6 Å². The molecule has 1 aromatic heterocycles. The minimum absolute atomic E-state index is 0.0922. The highest BCUT2D eigenvalue weighted by atomic mass is 35.5. The molecule has 0 saturated carbocycles. The molecule has 2 heterocycles. The van der Waals surface area contributed by atoms with E-state index in [1.165, 1.54) is 0 Å². The number of amides is 1. The molecule has 2 aromatic rings. The van der Waals surface area contributed by atoms with E-state index in [0.717, 1.165) is 53.5 Å². The van der Waals surface area contributed by atoms with Crippen molar-refractivity contribution in [3.8, 4) is 0 Å². The molecule has 1 saturated heterocycles. The van der Waals surface area contributed by atoms with Crippen LogP contribution in [0.25, 0.3) is 0 Å². The van der Waals surface area contributed by atoms with E-state index in [1.54, 1.807) is 11.3 Å². The Kier molecular flexibility index (Phi) is 5.30. The van der Waals surface area contributed by atoms with Gasteiger partial charge < -0.3 is 10.6 Å². The third kappa shape index (κ3) is 4.31. The fraction of sp³-hybridized carbons (Fsp3) is 0.412. The van der Waals surface area contributed by atoms with Crippen molar-refractivity contribution in [2.24, 2.45) is 5.92 Å². The van der Waals surface area contributed by atoms with E-state index in [1.807, 2.05) is 25.1 Å². The molecule has 23 heavy (non-hydrogen) atoms. The summed E-state index contributed by atoms with van der Waals surface area (Å²) in [6, 6.07) is 7.84. The lowest BCUT2D eigenvalue weighted by Gasteiger charge is -2.20. The highest BCUT2D eigenvalue weighted by Crippen LogP contribution is 2.27. The lowest BCUT2D eigenvalue weighted by atomic mass is 9.97. The van der Waals surface area contributed by atoms with Gasteiger partial charge in [-0.1, -0.05) is 23.7 Å². The molecule has 0 spiro atoms. The van der Waals surface area contributed by atoms with Crippen LogP contribution in [0.15, 0.2) is 24.3 Å². The number of aryl methyl sites for hydroxylation is 1. The first kappa shape index (κ1) is 16.4. The monoisotopic (exact) mass is 349 g/mol. The summed E-state index contributed by atoms with van der Waals surface area (Å²) in [5, 5.41) is 7.70. The first-order chi connectivity index (χ1) is 11.1. The van der Waals surface area contributed by atoms with Gasteiger partial charge in [-0.3, -0.25) is 4.79 Å². The van der Waals surface area contributed by atoms with Gasteiger partial charge in [0.1, 0.15) is 0 Å². The fourth-order valence-electron chi connectivity index (χ4n) is 2.77. The lowest BCUT2D eigenvalue weighted by molar-refractivity contribution is -0.120. The van der Waals surface area contributed by atoms with Gasteiger partial charge in [0.2, 0.25) is 5.91 Å². The number of rotatable bonds is 4. The Morgan fingerprint density at radius 3 is 2.96 bits per heavy atom. The molecule has 0 radical (unpaired) electrons. The number of carbonyl (C=O) groups is 1. The Bertz CT molecular complexity index is 695. The SMILES string of the molecule is Cc1nc(NC(=O)C2CCNCC2)sc1Cc1cccc(Cl)c1. The van der Waals surface area contributed by atoms with Crippen LogP contribution in [0, 0.1) is 12.8 Å². The molecular weight excluding hydrogens is 330 g/mol. The van der Waals surface area contributed by atoms with Crippen molar-refractivity contribution in [3.05, 3.63) is 45.4 Å². The van der Waals surface area contributed by atoms with Crippen molar-refractivity contribution in [2.45, 2.75) is 26.2 Å². The second kappa shape index (κ2) is 7.43. The van der Waals surface area contributed by atoms with E-state index in [-0.39, 0.29) is 11.8 Å². The normalized spacial score (nSPS) is 15.6. The van der Waals surface area contributed by atoms with Crippen molar-refractivity contribution < 1.29 is 4.79 Å². The molecule has 0 atom stereocenters. The number of hydrogen-bond acceptors (Lipinski definition) is 4. The van der Waals surface area contributed by atoms with E-state index >= 15 is 0 Å². The highest BCUT2D eigenvalue weighted by Gasteiger charge is 2.22. The predicted molar refractivity (Wildman–Crippen MR) is 95.3 cm³/mol. The minimum Gasteiger partial charge on any atom is -0.317 e. The van der Waals surface area contributed by atoms with E-state index in [4.69, 9.17) is 11.6 Å². The predicted octanol–water partition coefficient (Wildman–Crippen LogP) is 3.63. The Morgan fingerprint density at radius 2 is 2.22 bits per heavy atom. The summed E-state index contributed by atoms with van der Waals surface area (Å²) < 4.78 is 0. The topological polar surface area (TPSA) is 54.0 Å². The number of hydrogen-bond donors (Lipinski definition) is 2. The number of anilines is 1. The van der Waals surface area contributed by atoms with Crippen LogP contribution in [0.3, 0.4) is 0 Å². The third-order valence-electron chi connectivity index (χ3n) is 4.09. The molecular formula is C17H20ClN3OS. The van der Waals surface area contributed by atoms with E-state index in [0.29, 0.717) is 5.13 Å². The average molecular weight is 350 g/mol. The standard InChI is InChI=1S/C17H20ClN3OS/c1-11-15(10-12-3-2-4-14(18)9-12)23-17(20-11)21-16(22)13-5-7-19-8-6-13/h2-4,9,13,19H,5-8,10H2,1H3,(H,20,21,22). The highest BCUT2D eigenvalue weighted by molar-refractivity contribution is 7.15. The molecule has 0 bridgehead atoms. The molecule has 2 N–H and O–H groups in total. The first-order valence-electron chi connectivity index (χ1n) is 7.84. The number of piperidine rings is 1. The van der Waals surface area contributed by atoms with Gasteiger partial charge in [-0.2, -0.15) is 0 Å². The maximum Gasteiger partial charge on any atom is 0.229 e. The van der Waals surface area contributed by atoms with Gasteiger partial charge in [0, 0.05) is 22.2 Å². The van der Waals surface area contributed by atoms with Crippen molar-refractivity contribution in [1.29, 1.82) is 0 Å². The van der Waals surface area contributed by atoms with E-state index in [9.17, 15) is 4.79 Å². The molecule has 1 aliphatic rings.